The molecule has 2 rings (SSSR count). The molecule has 19 heavy (non-hydrogen) atoms. The monoisotopic (exact) mass is 263 g/mol. The third kappa shape index (κ3) is 3.05. The van der Waals surface area contributed by atoms with Gasteiger partial charge in [0.2, 0.25) is 5.91 Å². The molecule has 5 heteroatoms. The lowest BCUT2D eigenvalue weighted by molar-refractivity contribution is -0.124. The van der Waals surface area contributed by atoms with Gasteiger partial charge in [-0.2, -0.15) is 0 Å². The minimum Gasteiger partial charge on any atom is -0.496 e. The van der Waals surface area contributed by atoms with Crippen LogP contribution in [0.3, 0.4) is 0 Å². The Kier molecular flexibility index (Phi) is 4.39. The highest BCUT2D eigenvalue weighted by Crippen LogP contribution is 2.30. The summed E-state index contributed by atoms with van der Waals surface area (Å²) in [4.78, 5) is 13.6. The number of rotatable bonds is 4. The molecule has 5 nitrogen and oxygen atoms in total. The van der Waals surface area contributed by atoms with Gasteiger partial charge in [-0.15, -0.1) is 0 Å². The van der Waals surface area contributed by atoms with Crippen LogP contribution in [0.1, 0.15) is 17.2 Å². The number of amides is 1. The summed E-state index contributed by atoms with van der Waals surface area (Å²) < 4.78 is 5.42. The van der Waals surface area contributed by atoms with Crippen LogP contribution in [0.2, 0.25) is 0 Å². The number of hydrogen-bond acceptors (Lipinski definition) is 4. The first-order valence-electron chi connectivity index (χ1n) is 6.51. The number of carbonyl (C=O) groups excluding carboxylic acids is 1. The minimum absolute atomic E-state index is 0.0147. The van der Waals surface area contributed by atoms with E-state index in [1.54, 1.807) is 7.11 Å². The number of piperazine rings is 1. The summed E-state index contributed by atoms with van der Waals surface area (Å²) in [5.41, 5.74) is 8.14. The first-order chi connectivity index (χ1) is 9.15. The summed E-state index contributed by atoms with van der Waals surface area (Å²) in [7, 11) is 1.66. The van der Waals surface area contributed by atoms with Crippen LogP contribution in [-0.4, -0.2) is 44.1 Å². The Balaban J connectivity index is 2.30. The van der Waals surface area contributed by atoms with Crippen molar-refractivity contribution in [3.05, 3.63) is 29.3 Å². The van der Waals surface area contributed by atoms with Crippen molar-refractivity contribution in [3.8, 4) is 5.75 Å². The standard InChI is InChI=1S/C14H21N3O2/c1-10-3-4-13(19-2)11(7-10)12(8-15)17-6-5-16-14(18)9-17/h3-4,7,12H,5-6,8-9,15H2,1-2H3,(H,16,18). The molecule has 1 saturated heterocycles. The third-order valence-corrected chi connectivity index (χ3v) is 3.48. The Hall–Kier alpha value is -1.59. The van der Waals surface area contributed by atoms with E-state index in [1.807, 2.05) is 19.1 Å². The first kappa shape index (κ1) is 13.8. The lowest BCUT2D eigenvalue weighted by atomic mass is 10.0. The molecule has 1 atom stereocenters. The highest BCUT2D eigenvalue weighted by Gasteiger charge is 2.26. The number of hydrogen-bond donors (Lipinski definition) is 2. The summed E-state index contributed by atoms with van der Waals surface area (Å²) >= 11 is 0. The van der Waals surface area contributed by atoms with Crippen LogP contribution < -0.4 is 15.8 Å². The number of nitrogens with two attached hydrogens (primary N) is 1. The summed E-state index contributed by atoms with van der Waals surface area (Å²) in [6.45, 7) is 4.37. The summed E-state index contributed by atoms with van der Waals surface area (Å²) in [5.74, 6) is 0.878. The largest absolute Gasteiger partial charge is 0.496 e. The molecule has 3 N–H and O–H groups in total. The maximum absolute atomic E-state index is 11.5. The van der Waals surface area contributed by atoms with E-state index in [2.05, 4.69) is 16.3 Å². The van der Waals surface area contributed by atoms with E-state index in [0.29, 0.717) is 19.6 Å². The molecule has 0 radical (unpaired) electrons. The second kappa shape index (κ2) is 6.04. The predicted octanol–water partition coefficient (Wildman–Crippen LogP) is 0.435. The van der Waals surface area contributed by atoms with E-state index >= 15 is 0 Å². The van der Waals surface area contributed by atoms with Gasteiger partial charge in [0, 0.05) is 25.2 Å². The molecular formula is C14H21N3O2. The fourth-order valence-corrected chi connectivity index (χ4v) is 2.51. The van der Waals surface area contributed by atoms with E-state index < -0.39 is 0 Å². The lowest BCUT2D eigenvalue weighted by Gasteiger charge is -2.34. The Morgan fingerprint density at radius 3 is 2.95 bits per heavy atom. The third-order valence-electron chi connectivity index (χ3n) is 3.48. The molecule has 1 amide bonds. The minimum atomic E-state index is 0.0147. The molecule has 1 fully saturated rings. The number of methoxy groups -OCH3 is 1. The van der Waals surface area contributed by atoms with E-state index in [1.165, 1.54) is 0 Å². The molecule has 1 heterocycles. The number of nitrogens with one attached hydrogen (secondary N) is 1. The van der Waals surface area contributed by atoms with Crippen molar-refractivity contribution in [2.45, 2.75) is 13.0 Å². The van der Waals surface area contributed by atoms with Gasteiger partial charge in [0.1, 0.15) is 5.75 Å². The molecule has 0 bridgehead atoms. The van der Waals surface area contributed by atoms with Gasteiger partial charge in [0.25, 0.3) is 0 Å². The molecule has 1 unspecified atom stereocenters. The van der Waals surface area contributed by atoms with E-state index in [4.69, 9.17) is 10.5 Å². The molecule has 1 aliphatic heterocycles. The number of carbonyl (C=O) groups is 1. The molecule has 0 aromatic heterocycles. The van der Waals surface area contributed by atoms with Crippen LogP contribution >= 0.6 is 0 Å². The second-order valence-electron chi connectivity index (χ2n) is 4.82. The van der Waals surface area contributed by atoms with Gasteiger partial charge in [0.05, 0.1) is 19.7 Å². The van der Waals surface area contributed by atoms with Crippen molar-refractivity contribution >= 4 is 5.91 Å². The zero-order valence-electron chi connectivity index (χ0n) is 11.5. The fraction of sp³-hybridized carbons (Fsp3) is 0.500. The fourth-order valence-electron chi connectivity index (χ4n) is 2.51. The average Bonchev–Trinajstić information content (AvgIpc) is 2.40. The van der Waals surface area contributed by atoms with Crippen molar-refractivity contribution in [3.63, 3.8) is 0 Å². The SMILES string of the molecule is COc1ccc(C)cc1C(CN)N1CCNC(=O)C1. The molecule has 1 aromatic carbocycles. The molecular weight excluding hydrogens is 242 g/mol. The van der Waals surface area contributed by atoms with E-state index in [0.717, 1.165) is 23.4 Å². The molecule has 0 saturated carbocycles. The highest BCUT2D eigenvalue weighted by molar-refractivity contribution is 5.78. The summed E-state index contributed by atoms with van der Waals surface area (Å²) in [6.07, 6.45) is 0. The van der Waals surface area contributed by atoms with Gasteiger partial charge in [-0.25, -0.2) is 0 Å². The predicted molar refractivity (Wildman–Crippen MR) is 74.1 cm³/mol. The van der Waals surface area contributed by atoms with Gasteiger partial charge >= 0.3 is 0 Å². The number of ether oxygens (including phenoxy) is 1. The smallest absolute Gasteiger partial charge is 0.234 e. The van der Waals surface area contributed by atoms with Crippen molar-refractivity contribution in [2.75, 3.05) is 33.3 Å². The van der Waals surface area contributed by atoms with E-state index in [-0.39, 0.29) is 11.9 Å². The van der Waals surface area contributed by atoms with Gasteiger partial charge in [-0.05, 0) is 13.0 Å². The average molecular weight is 263 g/mol. The quantitative estimate of drug-likeness (QED) is 0.827. The molecule has 0 spiro atoms. The normalized spacial score (nSPS) is 17.9. The van der Waals surface area contributed by atoms with Gasteiger partial charge in [-0.3, -0.25) is 9.69 Å². The van der Waals surface area contributed by atoms with Crippen LogP contribution in [0.5, 0.6) is 5.75 Å². The summed E-state index contributed by atoms with van der Waals surface area (Å²) in [6, 6.07) is 6.07. The molecule has 1 aliphatic rings. The Morgan fingerprint density at radius 2 is 2.32 bits per heavy atom. The maximum Gasteiger partial charge on any atom is 0.234 e. The zero-order chi connectivity index (χ0) is 13.8. The molecule has 0 aliphatic carbocycles. The Bertz CT molecular complexity index is 462. The van der Waals surface area contributed by atoms with Crippen molar-refractivity contribution in [1.29, 1.82) is 0 Å². The van der Waals surface area contributed by atoms with Gasteiger partial charge in [0.15, 0.2) is 0 Å². The van der Waals surface area contributed by atoms with Crippen LogP contribution in [0.4, 0.5) is 0 Å². The van der Waals surface area contributed by atoms with Crippen LogP contribution in [0.25, 0.3) is 0 Å². The number of aryl methyl sites for hydroxylation is 1. The lowest BCUT2D eigenvalue weighted by Crippen LogP contribution is -2.50. The van der Waals surface area contributed by atoms with Crippen LogP contribution in [0, 0.1) is 6.92 Å². The maximum atomic E-state index is 11.5. The Morgan fingerprint density at radius 1 is 1.53 bits per heavy atom. The van der Waals surface area contributed by atoms with Gasteiger partial charge in [-0.1, -0.05) is 17.7 Å². The highest BCUT2D eigenvalue weighted by atomic mass is 16.5. The number of nitrogens with zero attached hydrogens (tertiary/aromatic N) is 1. The molecule has 1 aromatic rings. The summed E-state index contributed by atoms with van der Waals surface area (Å²) in [5, 5.41) is 2.83. The van der Waals surface area contributed by atoms with Crippen molar-refractivity contribution in [1.82, 2.24) is 10.2 Å². The van der Waals surface area contributed by atoms with Gasteiger partial charge < -0.3 is 15.8 Å². The second-order valence-corrected chi connectivity index (χ2v) is 4.82. The Labute approximate surface area is 113 Å². The number of benzene rings is 1. The molecule has 104 valence electrons. The zero-order valence-corrected chi connectivity index (χ0v) is 11.5. The van der Waals surface area contributed by atoms with Crippen molar-refractivity contribution in [2.24, 2.45) is 5.73 Å². The van der Waals surface area contributed by atoms with Crippen LogP contribution in [0.15, 0.2) is 18.2 Å². The van der Waals surface area contributed by atoms with E-state index in [9.17, 15) is 4.79 Å². The topological polar surface area (TPSA) is 67.6 Å². The van der Waals surface area contributed by atoms with Crippen LogP contribution in [-0.2, 0) is 4.79 Å². The first-order valence-corrected chi connectivity index (χ1v) is 6.51. The van der Waals surface area contributed by atoms with Crippen molar-refractivity contribution < 1.29 is 9.53 Å².